The summed E-state index contributed by atoms with van der Waals surface area (Å²) in [7, 11) is 0. The Morgan fingerprint density at radius 1 is 0.283 bits per heavy atom. The van der Waals surface area contributed by atoms with Crippen LogP contribution in [0.1, 0.15) is 25.0 Å². The Hall–Kier alpha value is -7.48. The number of hydrogen-bond acceptors (Lipinski definition) is 1. The lowest BCUT2D eigenvalue weighted by Crippen LogP contribution is -2.16. The van der Waals surface area contributed by atoms with Gasteiger partial charge in [0.1, 0.15) is 0 Å². The van der Waals surface area contributed by atoms with Crippen LogP contribution in [0, 0.1) is 0 Å². The third kappa shape index (κ3) is 6.01. The molecule has 284 valence electrons. The Bertz CT molecular complexity index is 3210. The molecular formula is C59H43N. The van der Waals surface area contributed by atoms with Gasteiger partial charge in [-0.15, -0.1) is 0 Å². The van der Waals surface area contributed by atoms with Crippen LogP contribution in [0.25, 0.3) is 77.2 Å². The summed E-state index contributed by atoms with van der Waals surface area (Å²) in [4.78, 5) is 2.41. The second-order valence-corrected chi connectivity index (χ2v) is 16.5. The molecule has 0 bridgehead atoms. The molecule has 1 aliphatic rings. The molecule has 10 aromatic rings. The first-order valence-electron chi connectivity index (χ1n) is 20.9. The fourth-order valence-electron chi connectivity index (χ4n) is 9.62. The Kier molecular flexibility index (Phi) is 8.57. The van der Waals surface area contributed by atoms with Gasteiger partial charge in [-0.05, 0) is 131 Å². The molecule has 0 saturated heterocycles. The van der Waals surface area contributed by atoms with Gasteiger partial charge in [0, 0.05) is 22.5 Å². The number of anilines is 3. The van der Waals surface area contributed by atoms with Gasteiger partial charge in [-0.1, -0.05) is 196 Å². The first-order chi connectivity index (χ1) is 29.5. The zero-order valence-corrected chi connectivity index (χ0v) is 33.8. The summed E-state index contributed by atoms with van der Waals surface area (Å²) in [5.41, 5.74) is 18.4. The van der Waals surface area contributed by atoms with Crippen LogP contribution in [0.4, 0.5) is 17.1 Å². The minimum atomic E-state index is -0.109. The van der Waals surface area contributed by atoms with Gasteiger partial charge in [0.2, 0.25) is 0 Å². The number of fused-ring (bicyclic) bond motifs is 5. The normalized spacial score (nSPS) is 12.6. The van der Waals surface area contributed by atoms with Crippen molar-refractivity contribution in [3.63, 3.8) is 0 Å². The van der Waals surface area contributed by atoms with Crippen molar-refractivity contribution in [2.24, 2.45) is 0 Å². The molecule has 0 aliphatic heterocycles. The standard InChI is InChI=1S/C59H43N/c1-59(2)57-23-13-12-22-55(57)56-35-34-48(39-58(56)59)60(46-30-26-42(27-31-46)50-19-9-8-18-49(50)41-15-4-3-5-16-41)47-32-28-43(29-33-47)51-36-37-52(54-21-11-10-20-53(51)54)45-25-24-40-14-6-7-17-44(40)38-45/h3-39H,1-2H3. The second-order valence-electron chi connectivity index (χ2n) is 16.5. The molecule has 0 heterocycles. The van der Waals surface area contributed by atoms with E-state index in [4.69, 9.17) is 0 Å². The van der Waals surface area contributed by atoms with Crippen LogP contribution in [0.5, 0.6) is 0 Å². The third-order valence-electron chi connectivity index (χ3n) is 12.7. The van der Waals surface area contributed by atoms with E-state index in [9.17, 15) is 0 Å². The van der Waals surface area contributed by atoms with Gasteiger partial charge in [0.15, 0.2) is 0 Å². The molecule has 0 atom stereocenters. The van der Waals surface area contributed by atoms with E-state index >= 15 is 0 Å². The molecule has 11 rings (SSSR count). The first-order valence-corrected chi connectivity index (χ1v) is 20.9. The molecule has 0 spiro atoms. The predicted octanol–water partition coefficient (Wildman–Crippen LogP) is 16.4. The van der Waals surface area contributed by atoms with Crippen molar-refractivity contribution in [1.82, 2.24) is 0 Å². The molecule has 0 aromatic heterocycles. The highest BCUT2D eigenvalue weighted by atomic mass is 15.1. The summed E-state index contributed by atoms with van der Waals surface area (Å²) in [6, 6.07) is 82.3. The van der Waals surface area contributed by atoms with Crippen molar-refractivity contribution in [2.75, 3.05) is 4.90 Å². The van der Waals surface area contributed by atoms with Crippen LogP contribution in [0.3, 0.4) is 0 Å². The molecule has 1 nitrogen and oxygen atoms in total. The van der Waals surface area contributed by atoms with Crippen LogP contribution in [-0.2, 0) is 5.41 Å². The number of rotatable bonds is 7. The SMILES string of the molecule is CC1(C)c2ccccc2-c2ccc(N(c3ccc(-c4ccccc4-c4ccccc4)cc3)c3ccc(-c4ccc(-c5ccc6ccccc6c5)c5ccccc45)cc3)cc21. The average molecular weight is 766 g/mol. The Morgan fingerprint density at radius 3 is 1.40 bits per heavy atom. The molecule has 0 fully saturated rings. The molecule has 0 amide bonds. The summed E-state index contributed by atoms with van der Waals surface area (Å²) in [5.74, 6) is 0. The quantitative estimate of drug-likeness (QED) is 0.156. The minimum absolute atomic E-state index is 0.109. The average Bonchev–Trinajstić information content (AvgIpc) is 3.54. The van der Waals surface area contributed by atoms with Gasteiger partial charge in [-0.25, -0.2) is 0 Å². The van der Waals surface area contributed by atoms with Crippen molar-refractivity contribution in [2.45, 2.75) is 19.3 Å². The lowest BCUT2D eigenvalue weighted by Gasteiger charge is -2.28. The summed E-state index contributed by atoms with van der Waals surface area (Å²) >= 11 is 0. The maximum Gasteiger partial charge on any atom is 0.0465 e. The zero-order valence-electron chi connectivity index (χ0n) is 33.8. The van der Waals surface area contributed by atoms with E-state index in [-0.39, 0.29) is 5.41 Å². The van der Waals surface area contributed by atoms with Crippen molar-refractivity contribution >= 4 is 38.6 Å². The van der Waals surface area contributed by atoms with Gasteiger partial charge < -0.3 is 4.90 Å². The molecule has 0 saturated carbocycles. The van der Waals surface area contributed by atoms with E-state index in [0.717, 1.165) is 17.1 Å². The van der Waals surface area contributed by atoms with Gasteiger partial charge in [-0.2, -0.15) is 0 Å². The Labute approximate surface area is 352 Å². The van der Waals surface area contributed by atoms with Crippen molar-refractivity contribution in [3.05, 3.63) is 236 Å². The Balaban J connectivity index is 1.00. The molecule has 60 heavy (non-hydrogen) atoms. The smallest absolute Gasteiger partial charge is 0.0465 e. The van der Waals surface area contributed by atoms with E-state index in [2.05, 4.69) is 243 Å². The van der Waals surface area contributed by atoms with Crippen LogP contribution >= 0.6 is 0 Å². The molecule has 0 radical (unpaired) electrons. The molecule has 1 heteroatoms. The van der Waals surface area contributed by atoms with Gasteiger partial charge in [-0.3, -0.25) is 0 Å². The van der Waals surface area contributed by atoms with E-state index in [1.807, 2.05) is 0 Å². The van der Waals surface area contributed by atoms with Crippen LogP contribution in [0.2, 0.25) is 0 Å². The van der Waals surface area contributed by atoms with Gasteiger partial charge >= 0.3 is 0 Å². The number of benzene rings is 10. The topological polar surface area (TPSA) is 3.24 Å². The summed E-state index contributed by atoms with van der Waals surface area (Å²) in [6.07, 6.45) is 0. The lowest BCUT2D eigenvalue weighted by atomic mass is 9.82. The molecule has 0 N–H and O–H groups in total. The molecular weight excluding hydrogens is 723 g/mol. The van der Waals surface area contributed by atoms with E-state index in [1.165, 1.54) is 88.3 Å². The van der Waals surface area contributed by atoms with Gasteiger partial charge in [0.25, 0.3) is 0 Å². The monoisotopic (exact) mass is 765 g/mol. The fraction of sp³-hybridized carbons (Fsp3) is 0.0508. The van der Waals surface area contributed by atoms with E-state index in [0.29, 0.717) is 0 Å². The molecule has 1 aliphatic carbocycles. The molecule has 0 unspecified atom stereocenters. The maximum atomic E-state index is 2.42. The van der Waals surface area contributed by atoms with E-state index in [1.54, 1.807) is 0 Å². The van der Waals surface area contributed by atoms with Crippen LogP contribution < -0.4 is 4.90 Å². The minimum Gasteiger partial charge on any atom is -0.310 e. The van der Waals surface area contributed by atoms with Crippen LogP contribution in [0.15, 0.2) is 224 Å². The maximum absolute atomic E-state index is 2.42. The highest BCUT2D eigenvalue weighted by Crippen LogP contribution is 2.51. The van der Waals surface area contributed by atoms with Crippen LogP contribution in [-0.4, -0.2) is 0 Å². The van der Waals surface area contributed by atoms with Gasteiger partial charge in [0.05, 0.1) is 0 Å². The van der Waals surface area contributed by atoms with Crippen molar-refractivity contribution in [1.29, 1.82) is 0 Å². The van der Waals surface area contributed by atoms with Crippen molar-refractivity contribution in [3.8, 4) is 55.6 Å². The fourth-order valence-corrected chi connectivity index (χ4v) is 9.62. The molecule has 10 aromatic carbocycles. The predicted molar refractivity (Wildman–Crippen MR) is 255 cm³/mol. The third-order valence-corrected chi connectivity index (χ3v) is 12.7. The second kappa shape index (κ2) is 14.4. The Morgan fingerprint density at radius 2 is 0.733 bits per heavy atom. The first kappa shape index (κ1) is 35.7. The summed E-state index contributed by atoms with van der Waals surface area (Å²) < 4.78 is 0. The number of hydrogen-bond donors (Lipinski definition) is 0. The largest absolute Gasteiger partial charge is 0.310 e. The number of nitrogens with zero attached hydrogens (tertiary/aromatic N) is 1. The van der Waals surface area contributed by atoms with Crippen molar-refractivity contribution < 1.29 is 0 Å². The zero-order chi connectivity index (χ0) is 40.2. The summed E-state index contributed by atoms with van der Waals surface area (Å²) in [5, 5.41) is 5.02. The highest BCUT2D eigenvalue weighted by Gasteiger charge is 2.35. The summed E-state index contributed by atoms with van der Waals surface area (Å²) in [6.45, 7) is 4.71. The van der Waals surface area contributed by atoms with E-state index < -0.39 is 0 Å². The lowest BCUT2D eigenvalue weighted by molar-refractivity contribution is 0.660. The highest BCUT2D eigenvalue weighted by molar-refractivity contribution is 6.06.